The van der Waals surface area contributed by atoms with E-state index in [2.05, 4.69) is 31.0 Å². The van der Waals surface area contributed by atoms with Crippen LogP contribution in [-0.2, 0) is 0 Å². The van der Waals surface area contributed by atoms with E-state index < -0.39 is 0 Å². The van der Waals surface area contributed by atoms with Gasteiger partial charge in [-0.05, 0) is 18.4 Å². The Bertz CT molecular complexity index is 201. The number of fused-ring (bicyclic) bond motifs is 1. The number of rotatable bonds is 0. The van der Waals surface area contributed by atoms with E-state index in [-0.39, 0.29) is 0 Å². The summed E-state index contributed by atoms with van der Waals surface area (Å²) in [6.07, 6.45) is 7.26. The molecule has 0 bridgehead atoms. The van der Waals surface area contributed by atoms with Crippen molar-refractivity contribution in [2.75, 3.05) is 13.6 Å². The molecule has 0 N–H and O–H groups in total. The Morgan fingerprint density at radius 3 is 2.82 bits per heavy atom. The van der Waals surface area contributed by atoms with Crippen molar-refractivity contribution in [1.82, 2.24) is 4.90 Å². The van der Waals surface area contributed by atoms with E-state index in [9.17, 15) is 0 Å². The van der Waals surface area contributed by atoms with Gasteiger partial charge in [-0.3, -0.25) is 0 Å². The van der Waals surface area contributed by atoms with Gasteiger partial charge in [0.05, 0.1) is 0 Å². The molecule has 11 heavy (non-hydrogen) atoms. The fourth-order valence-electron chi connectivity index (χ4n) is 2.12. The molecule has 0 aromatic carbocycles. The summed E-state index contributed by atoms with van der Waals surface area (Å²) in [5.41, 5.74) is 3.07. The molecule has 1 unspecified atom stereocenters. The first-order valence-corrected chi connectivity index (χ1v) is 4.41. The molecule has 1 heterocycles. The van der Waals surface area contributed by atoms with Crippen LogP contribution in [0.25, 0.3) is 0 Å². The van der Waals surface area contributed by atoms with Gasteiger partial charge in [0, 0.05) is 25.2 Å². The molecule has 0 amide bonds. The largest absolute Gasteiger partial charge is 0.374 e. The van der Waals surface area contributed by atoms with Crippen LogP contribution in [-0.4, -0.2) is 18.5 Å². The van der Waals surface area contributed by atoms with Gasteiger partial charge in [0.25, 0.3) is 0 Å². The van der Waals surface area contributed by atoms with E-state index >= 15 is 0 Å². The summed E-state index contributed by atoms with van der Waals surface area (Å²) in [5.74, 6) is 0.756. The average Bonchev–Trinajstić information content (AvgIpc) is 2.30. The molecule has 2 rings (SSSR count). The number of likely N-dealkylation sites (tertiary alicyclic amines) is 1. The molecule has 0 radical (unpaired) electrons. The molecule has 1 fully saturated rings. The van der Waals surface area contributed by atoms with Crippen molar-refractivity contribution in [2.24, 2.45) is 5.92 Å². The van der Waals surface area contributed by atoms with E-state index in [1.807, 2.05) is 0 Å². The predicted octanol–water partition coefficient (Wildman–Crippen LogP) is 2.17. The molecular weight excluding hydrogens is 134 g/mol. The molecule has 0 spiro atoms. The van der Waals surface area contributed by atoms with Gasteiger partial charge in [-0.2, -0.15) is 0 Å². The van der Waals surface area contributed by atoms with Crippen LogP contribution in [0.3, 0.4) is 0 Å². The molecular formula is C10H15N. The first-order valence-electron chi connectivity index (χ1n) is 4.41. The lowest BCUT2D eigenvalue weighted by atomic mass is 9.97. The standard InChI is InChI=1S/C10H15N/c1-8-7-11(2)10-6-4-3-5-9(8)10/h5-6,8H,3-4,7H2,1-2H3. The third kappa shape index (κ3) is 0.991. The number of allylic oxidation sites excluding steroid dienone is 3. The summed E-state index contributed by atoms with van der Waals surface area (Å²) in [6, 6.07) is 0. The van der Waals surface area contributed by atoms with E-state index in [1.54, 1.807) is 5.57 Å². The summed E-state index contributed by atoms with van der Waals surface area (Å²) in [7, 11) is 2.19. The number of hydrogen-bond acceptors (Lipinski definition) is 1. The van der Waals surface area contributed by atoms with Gasteiger partial charge in [-0.25, -0.2) is 0 Å². The quantitative estimate of drug-likeness (QED) is 0.510. The molecule has 0 saturated carbocycles. The molecule has 1 aliphatic carbocycles. The highest BCUT2D eigenvalue weighted by Crippen LogP contribution is 2.34. The average molecular weight is 149 g/mol. The van der Waals surface area contributed by atoms with Crippen LogP contribution in [0.5, 0.6) is 0 Å². The van der Waals surface area contributed by atoms with Crippen molar-refractivity contribution >= 4 is 0 Å². The Balaban J connectivity index is 2.34. The summed E-state index contributed by atoms with van der Waals surface area (Å²) in [5, 5.41) is 0. The van der Waals surface area contributed by atoms with Crippen LogP contribution in [0.4, 0.5) is 0 Å². The van der Waals surface area contributed by atoms with Crippen molar-refractivity contribution in [3.63, 3.8) is 0 Å². The van der Waals surface area contributed by atoms with Crippen molar-refractivity contribution in [1.29, 1.82) is 0 Å². The Hall–Kier alpha value is -0.720. The van der Waals surface area contributed by atoms with Gasteiger partial charge in [-0.1, -0.05) is 19.1 Å². The minimum absolute atomic E-state index is 0.756. The van der Waals surface area contributed by atoms with Gasteiger partial charge in [0.2, 0.25) is 0 Å². The monoisotopic (exact) mass is 149 g/mol. The van der Waals surface area contributed by atoms with Crippen LogP contribution in [0.2, 0.25) is 0 Å². The normalized spacial score (nSPS) is 29.6. The Labute approximate surface area is 68.4 Å². The SMILES string of the molecule is CC1CN(C)C2=CCCC=C21. The summed E-state index contributed by atoms with van der Waals surface area (Å²) >= 11 is 0. The predicted molar refractivity (Wildman–Crippen MR) is 47.2 cm³/mol. The topological polar surface area (TPSA) is 3.24 Å². The highest BCUT2D eigenvalue weighted by Gasteiger charge is 2.26. The lowest BCUT2D eigenvalue weighted by Gasteiger charge is -2.15. The second kappa shape index (κ2) is 2.40. The number of hydrogen-bond donors (Lipinski definition) is 0. The number of likely N-dealkylation sites (N-methyl/N-ethyl adjacent to an activating group) is 1. The van der Waals surface area contributed by atoms with Crippen LogP contribution in [0, 0.1) is 5.92 Å². The highest BCUT2D eigenvalue weighted by atomic mass is 15.1. The Morgan fingerprint density at radius 2 is 2.09 bits per heavy atom. The molecule has 60 valence electrons. The third-order valence-electron chi connectivity index (χ3n) is 2.65. The summed E-state index contributed by atoms with van der Waals surface area (Å²) in [6.45, 7) is 3.52. The maximum atomic E-state index is 2.41. The lowest BCUT2D eigenvalue weighted by Crippen LogP contribution is -2.12. The molecule has 2 aliphatic rings. The number of nitrogens with zero attached hydrogens (tertiary/aromatic N) is 1. The molecule has 1 nitrogen and oxygen atoms in total. The van der Waals surface area contributed by atoms with Gasteiger partial charge in [0.15, 0.2) is 0 Å². The molecule has 0 aromatic heterocycles. The zero-order chi connectivity index (χ0) is 7.84. The molecule has 1 atom stereocenters. The Kier molecular flexibility index (Phi) is 1.52. The second-order valence-corrected chi connectivity index (χ2v) is 3.61. The van der Waals surface area contributed by atoms with E-state index in [4.69, 9.17) is 0 Å². The van der Waals surface area contributed by atoms with Gasteiger partial charge < -0.3 is 4.90 Å². The van der Waals surface area contributed by atoms with Crippen LogP contribution >= 0.6 is 0 Å². The third-order valence-corrected chi connectivity index (χ3v) is 2.65. The van der Waals surface area contributed by atoms with Crippen LogP contribution in [0.1, 0.15) is 19.8 Å². The van der Waals surface area contributed by atoms with Crippen LogP contribution in [0.15, 0.2) is 23.4 Å². The first kappa shape index (κ1) is 6.96. The molecule has 1 saturated heterocycles. The smallest absolute Gasteiger partial charge is 0.0356 e. The minimum Gasteiger partial charge on any atom is -0.374 e. The van der Waals surface area contributed by atoms with Crippen molar-refractivity contribution in [2.45, 2.75) is 19.8 Å². The van der Waals surface area contributed by atoms with Crippen molar-refractivity contribution in [3.05, 3.63) is 23.4 Å². The highest BCUT2D eigenvalue weighted by molar-refractivity contribution is 5.38. The maximum absolute atomic E-state index is 2.41. The van der Waals surface area contributed by atoms with Gasteiger partial charge in [-0.15, -0.1) is 0 Å². The van der Waals surface area contributed by atoms with Crippen molar-refractivity contribution < 1.29 is 0 Å². The van der Waals surface area contributed by atoms with E-state index in [0.717, 1.165) is 5.92 Å². The fourth-order valence-corrected chi connectivity index (χ4v) is 2.12. The maximum Gasteiger partial charge on any atom is 0.0356 e. The molecule has 1 aliphatic heterocycles. The zero-order valence-corrected chi connectivity index (χ0v) is 7.30. The van der Waals surface area contributed by atoms with Crippen LogP contribution < -0.4 is 0 Å². The van der Waals surface area contributed by atoms with Gasteiger partial charge >= 0.3 is 0 Å². The molecule has 1 heteroatoms. The van der Waals surface area contributed by atoms with E-state index in [0.29, 0.717) is 0 Å². The summed E-state index contributed by atoms with van der Waals surface area (Å²) in [4.78, 5) is 2.37. The molecule has 0 aromatic rings. The fraction of sp³-hybridized carbons (Fsp3) is 0.600. The van der Waals surface area contributed by atoms with Crippen molar-refractivity contribution in [3.8, 4) is 0 Å². The second-order valence-electron chi connectivity index (χ2n) is 3.61. The first-order chi connectivity index (χ1) is 5.29. The summed E-state index contributed by atoms with van der Waals surface area (Å²) < 4.78 is 0. The van der Waals surface area contributed by atoms with Gasteiger partial charge in [0.1, 0.15) is 0 Å². The minimum atomic E-state index is 0.756. The Morgan fingerprint density at radius 1 is 1.36 bits per heavy atom. The lowest BCUT2D eigenvalue weighted by molar-refractivity contribution is 0.446. The zero-order valence-electron chi connectivity index (χ0n) is 7.30. The van der Waals surface area contributed by atoms with E-state index in [1.165, 1.54) is 25.1 Å².